The second-order valence-electron chi connectivity index (χ2n) is 5.00. The number of carbonyl (C=O) groups excluding carboxylic acids is 1. The summed E-state index contributed by atoms with van der Waals surface area (Å²) in [5.41, 5.74) is 7.99. The predicted octanol–water partition coefficient (Wildman–Crippen LogP) is 2.24. The van der Waals surface area contributed by atoms with Crippen molar-refractivity contribution in [2.75, 3.05) is 7.11 Å². The van der Waals surface area contributed by atoms with Crippen LogP contribution >= 0.6 is 11.8 Å². The van der Waals surface area contributed by atoms with Crippen LogP contribution in [0.1, 0.15) is 18.5 Å². The number of allylic oxidation sites excluding steroid dienone is 2. The van der Waals surface area contributed by atoms with Gasteiger partial charge in [0, 0.05) is 0 Å². The summed E-state index contributed by atoms with van der Waals surface area (Å²) in [5, 5.41) is 9.83. The summed E-state index contributed by atoms with van der Waals surface area (Å²) in [6.07, 6.45) is 0. The van der Waals surface area contributed by atoms with Gasteiger partial charge in [-0.15, -0.1) is 0 Å². The van der Waals surface area contributed by atoms with Crippen LogP contribution in [-0.2, 0) is 9.53 Å². The Hall–Kier alpha value is -2.72. The maximum Gasteiger partial charge on any atom is 0.338 e. The molecule has 0 bridgehead atoms. The van der Waals surface area contributed by atoms with E-state index in [0.717, 1.165) is 5.56 Å². The zero-order valence-electron chi connectivity index (χ0n) is 12.6. The van der Waals surface area contributed by atoms with Gasteiger partial charge in [0.15, 0.2) is 5.17 Å². The highest BCUT2D eigenvalue weighted by atomic mass is 32.2. The summed E-state index contributed by atoms with van der Waals surface area (Å²) in [4.78, 5) is 18.8. The highest BCUT2D eigenvalue weighted by molar-refractivity contribution is 8.17. The van der Waals surface area contributed by atoms with Crippen molar-refractivity contribution in [3.8, 4) is 6.07 Å². The fourth-order valence-corrected chi connectivity index (χ4v) is 3.58. The number of amidine groups is 1. The highest BCUT2D eigenvalue weighted by Gasteiger charge is 2.42. The summed E-state index contributed by atoms with van der Waals surface area (Å²) >= 11 is 1.21. The molecule has 0 fully saturated rings. The van der Waals surface area contributed by atoms with E-state index in [9.17, 15) is 10.1 Å². The molecule has 0 aliphatic carbocycles. The fourth-order valence-electron chi connectivity index (χ4n) is 2.66. The largest absolute Gasteiger partial charge is 0.466 e. The lowest BCUT2D eigenvalue weighted by atomic mass is 9.94. The van der Waals surface area contributed by atoms with E-state index < -0.39 is 12.0 Å². The minimum Gasteiger partial charge on any atom is -0.466 e. The summed E-state index contributed by atoms with van der Waals surface area (Å²) in [6, 6.07) is 11.1. The van der Waals surface area contributed by atoms with Crippen molar-refractivity contribution in [3.63, 3.8) is 0 Å². The first-order valence-corrected chi connectivity index (χ1v) is 7.69. The molecule has 7 heteroatoms. The molecule has 2 aliphatic heterocycles. The summed E-state index contributed by atoms with van der Waals surface area (Å²) in [6.45, 7) is 1.76. The molecule has 3 rings (SSSR count). The SMILES string of the molecule is COC(=O)C1=C(C)N=C2SC(C#N)=C(N)N2[C@H]1c1ccccc1. The molecule has 0 aromatic heterocycles. The lowest BCUT2D eigenvalue weighted by Crippen LogP contribution is -2.38. The number of thioether (sulfide) groups is 1. The lowest BCUT2D eigenvalue weighted by molar-refractivity contribution is -0.136. The Morgan fingerprint density at radius 3 is 2.74 bits per heavy atom. The molecule has 0 unspecified atom stereocenters. The molecule has 0 amide bonds. The molecular formula is C16H14N4O2S. The molecule has 0 saturated heterocycles. The van der Waals surface area contributed by atoms with Crippen LogP contribution in [0.25, 0.3) is 0 Å². The van der Waals surface area contributed by atoms with Crippen LogP contribution in [-0.4, -0.2) is 23.1 Å². The summed E-state index contributed by atoms with van der Waals surface area (Å²) in [7, 11) is 1.34. The number of hydrogen-bond donors (Lipinski definition) is 1. The maximum atomic E-state index is 12.3. The lowest BCUT2D eigenvalue weighted by Gasteiger charge is -2.34. The number of benzene rings is 1. The van der Waals surface area contributed by atoms with Crippen LogP contribution < -0.4 is 5.73 Å². The van der Waals surface area contributed by atoms with Gasteiger partial charge in [-0.25, -0.2) is 9.79 Å². The van der Waals surface area contributed by atoms with Crippen molar-refractivity contribution in [2.45, 2.75) is 13.0 Å². The highest BCUT2D eigenvalue weighted by Crippen LogP contribution is 2.45. The standard InChI is InChI=1S/C16H14N4O2S/c1-9-12(15(21)22-2)13(10-6-4-3-5-7-10)20-14(18)11(8-17)23-16(20)19-9/h3-7,13H,18H2,1-2H3/t13-/m0/s1. The van der Waals surface area contributed by atoms with Crippen molar-refractivity contribution in [3.05, 3.63) is 57.9 Å². The molecule has 0 saturated carbocycles. The van der Waals surface area contributed by atoms with E-state index in [-0.39, 0.29) is 0 Å². The van der Waals surface area contributed by atoms with E-state index in [2.05, 4.69) is 11.1 Å². The Bertz CT molecular complexity index is 805. The van der Waals surface area contributed by atoms with Crippen molar-refractivity contribution in [1.82, 2.24) is 4.90 Å². The molecule has 2 N–H and O–H groups in total. The molecule has 116 valence electrons. The third-order valence-electron chi connectivity index (χ3n) is 3.70. The van der Waals surface area contributed by atoms with Gasteiger partial charge >= 0.3 is 5.97 Å². The number of carbonyl (C=O) groups is 1. The van der Waals surface area contributed by atoms with E-state index in [4.69, 9.17) is 10.5 Å². The Kier molecular flexibility index (Phi) is 3.84. The monoisotopic (exact) mass is 326 g/mol. The molecule has 1 atom stereocenters. The van der Waals surface area contributed by atoms with Gasteiger partial charge in [-0.05, 0) is 24.2 Å². The van der Waals surface area contributed by atoms with Crippen molar-refractivity contribution >= 4 is 22.9 Å². The number of hydrogen-bond acceptors (Lipinski definition) is 7. The molecular weight excluding hydrogens is 312 g/mol. The zero-order valence-corrected chi connectivity index (χ0v) is 13.4. The van der Waals surface area contributed by atoms with Gasteiger partial charge < -0.3 is 10.5 Å². The van der Waals surface area contributed by atoms with E-state index in [1.54, 1.807) is 11.8 Å². The van der Waals surface area contributed by atoms with Gasteiger partial charge in [0.2, 0.25) is 0 Å². The predicted molar refractivity (Wildman–Crippen MR) is 87.6 cm³/mol. The number of nitrogens with zero attached hydrogens (tertiary/aromatic N) is 3. The molecule has 6 nitrogen and oxygen atoms in total. The van der Waals surface area contributed by atoms with Crippen LogP contribution in [0, 0.1) is 11.3 Å². The van der Waals surface area contributed by atoms with Gasteiger partial charge in [0.05, 0.1) is 24.4 Å². The van der Waals surface area contributed by atoms with E-state index >= 15 is 0 Å². The summed E-state index contributed by atoms with van der Waals surface area (Å²) < 4.78 is 4.93. The topological polar surface area (TPSA) is 91.7 Å². The fraction of sp³-hybridized carbons (Fsp3) is 0.188. The first-order chi connectivity index (χ1) is 11.1. The van der Waals surface area contributed by atoms with Crippen molar-refractivity contribution in [2.24, 2.45) is 10.7 Å². The second-order valence-corrected chi connectivity index (χ2v) is 5.97. The molecule has 23 heavy (non-hydrogen) atoms. The third-order valence-corrected chi connectivity index (χ3v) is 4.67. The minimum atomic E-state index is -0.463. The van der Waals surface area contributed by atoms with Gasteiger partial charge in [0.25, 0.3) is 0 Å². The Morgan fingerprint density at radius 1 is 1.43 bits per heavy atom. The van der Waals surface area contributed by atoms with E-state index in [1.165, 1.54) is 18.9 Å². The zero-order chi connectivity index (χ0) is 16.6. The maximum absolute atomic E-state index is 12.3. The number of ether oxygens (including phenoxy) is 1. The van der Waals surface area contributed by atoms with Gasteiger partial charge in [0.1, 0.15) is 16.8 Å². The quantitative estimate of drug-likeness (QED) is 0.838. The molecule has 1 aromatic carbocycles. The number of rotatable bonds is 2. The summed E-state index contributed by atoms with van der Waals surface area (Å²) in [5.74, 6) is -0.152. The van der Waals surface area contributed by atoms with Gasteiger partial charge in [-0.2, -0.15) is 5.26 Å². The number of methoxy groups -OCH3 is 1. The Morgan fingerprint density at radius 2 is 2.13 bits per heavy atom. The number of aliphatic imine (C=N–C) groups is 1. The van der Waals surface area contributed by atoms with Gasteiger partial charge in [-0.1, -0.05) is 30.3 Å². The second kappa shape index (κ2) is 5.82. The molecule has 2 heterocycles. The smallest absolute Gasteiger partial charge is 0.338 e. The number of esters is 1. The average Bonchev–Trinajstić information content (AvgIpc) is 2.89. The molecule has 0 radical (unpaired) electrons. The molecule has 1 aromatic rings. The minimum absolute atomic E-state index is 0.305. The van der Waals surface area contributed by atoms with Crippen LogP contribution in [0.15, 0.2) is 57.3 Å². The number of nitrogens with two attached hydrogens (primary N) is 1. The van der Waals surface area contributed by atoms with Crippen LogP contribution in [0.5, 0.6) is 0 Å². The van der Waals surface area contributed by atoms with Crippen LogP contribution in [0.4, 0.5) is 0 Å². The van der Waals surface area contributed by atoms with Gasteiger partial charge in [-0.3, -0.25) is 4.90 Å². The van der Waals surface area contributed by atoms with Crippen molar-refractivity contribution < 1.29 is 9.53 Å². The Labute approximate surface area is 137 Å². The first kappa shape index (κ1) is 15.2. The number of nitriles is 1. The number of fused-ring (bicyclic) bond motifs is 1. The van der Waals surface area contributed by atoms with Crippen LogP contribution in [0.2, 0.25) is 0 Å². The normalized spacial score (nSPS) is 20.1. The third kappa shape index (κ3) is 2.37. The van der Waals surface area contributed by atoms with Crippen LogP contribution in [0.3, 0.4) is 0 Å². The van der Waals surface area contributed by atoms with Crippen molar-refractivity contribution in [1.29, 1.82) is 5.26 Å². The Balaban J connectivity index is 2.21. The molecule has 2 aliphatic rings. The van der Waals surface area contributed by atoms with E-state index in [0.29, 0.717) is 27.2 Å². The first-order valence-electron chi connectivity index (χ1n) is 6.88. The average molecular weight is 326 g/mol. The molecule has 0 spiro atoms. The van der Waals surface area contributed by atoms with E-state index in [1.807, 2.05) is 30.3 Å².